The molecule has 2 saturated heterocycles. The Labute approximate surface area is 177 Å². The molecule has 0 aliphatic carbocycles. The Hall–Kier alpha value is -3.59. The fourth-order valence-electron chi connectivity index (χ4n) is 5.02. The van der Waals surface area contributed by atoms with E-state index in [0.717, 1.165) is 16.2 Å². The number of carbonyl (C=O) groups is 3. The fourth-order valence-corrected chi connectivity index (χ4v) is 5.02. The van der Waals surface area contributed by atoms with Gasteiger partial charge in [0.2, 0.25) is 12.7 Å². The minimum absolute atomic E-state index is 0.0759. The monoisotopic (exact) mass is 421 g/mol. The van der Waals surface area contributed by atoms with Crippen molar-refractivity contribution in [1.29, 1.82) is 0 Å². The summed E-state index contributed by atoms with van der Waals surface area (Å²) < 4.78 is 16.4. The Kier molecular flexibility index (Phi) is 3.79. The van der Waals surface area contributed by atoms with Crippen molar-refractivity contribution in [2.45, 2.75) is 12.5 Å². The maximum absolute atomic E-state index is 14.0. The summed E-state index contributed by atoms with van der Waals surface area (Å²) in [5.74, 6) is -0.164. The lowest BCUT2D eigenvalue weighted by Gasteiger charge is -2.53. The van der Waals surface area contributed by atoms with E-state index in [1.807, 2.05) is 24.3 Å². The Balaban J connectivity index is 1.48. The van der Waals surface area contributed by atoms with Crippen molar-refractivity contribution < 1.29 is 28.6 Å². The third-order valence-corrected chi connectivity index (χ3v) is 6.50. The highest BCUT2D eigenvalue weighted by Gasteiger charge is 2.62. The number of carbonyl (C=O) groups excluding carboxylic acids is 3. The number of fused-ring (bicyclic) bond motifs is 5. The first-order valence-corrected chi connectivity index (χ1v) is 10.1. The molecule has 2 aromatic carbocycles. The number of morpholine rings is 1. The number of ether oxygens (including phenoxy) is 3. The molecule has 31 heavy (non-hydrogen) atoms. The summed E-state index contributed by atoms with van der Waals surface area (Å²) in [7, 11) is 0. The first-order chi connectivity index (χ1) is 15.1. The number of imide groups is 2. The van der Waals surface area contributed by atoms with Crippen molar-refractivity contribution in [3.05, 3.63) is 48.0 Å². The summed E-state index contributed by atoms with van der Waals surface area (Å²) in [6, 6.07) is 11.3. The molecule has 9 heteroatoms. The van der Waals surface area contributed by atoms with Gasteiger partial charge in [0.1, 0.15) is 0 Å². The lowest BCUT2D eigenvalue weighted by molar-refractivity contribution is -0.146. The topological polar surface area (TPSA) is 97.4 Å². The second-order valence-electron chi connectivity index (χ2n) is 8.00. The van der Waals surface area contributed by atoms with Gasteiger partial charge in [-0.2, -0.15) is 0 Å². The summed E-state index contributed by atoms with van der Waals surface area (Å²) in [6.07, 6.45) is 0.187. The molecule has 0 saturated carbocycles. The van der Waals surface area contributed by atoms with Crippen LogP contribution in [0, 0.1) is 5.41 Å². The van der Waals surface area contributed by atoms with E-state index in [4.69, 9.17) is 14.2 Å². The van der Waals surface area contributed by atoms with Crippen LogP contribution in [-0.4, -0.2) is 50.4 Å². The SMILES string of the molecule is O=C1NC(=O)[C@]2(Cc3ccccc3N3CCOC[C@H]32)C(=O)N1c1ccc2c(c1)OCO2. The van der Waals surface area contributed by atoms with E-state index in [1.165, 1.54) is 0 Å². The predicted octanol–water partition coefficient (Wildman–Crippen LogP) is 1.45. The molecule has 0 radical (unpaired) electrons. The molecule has 0 unspecified atom stereocenters. The zero-order chi connectivity index (χ0) is 21.2. The van der Waals surface area contributed by atoms with Gasteiger partial charge in [0, 0.05) is 18.3 Å². The average Bonchev–Trinajstić information content (AvgIpc) is 3.26. The van der Waals surface area contributed by atoms with Crippen molar-refractivity contribution >= 4 is 29.2 Å². The van der Waals surface area contributed by atoms with Crippen molar-refractivity contribution in [2.75, 3.05) is 36.4 Å². The molecule has 4 amide bonds. The van der Waals surface area contributed by atoms with Gasteiger partial charge in [0.05, 0.1) is 24.9 Å². The molecule has 9 nitrogen and oxygen atoms in total. The molecule has 2 fully saturated rings. The van der Waals surface area contributed by atoms with Crippen molar-refractivity contribution in [1.82, 2.24) is 5.32 Å². The first kappa shape index (κ1) is 18.2. The van der Waals surface area contributed by atoms with Gasteiger partial charge in [0.15, 0.2) is 16.9 Å². The van der Waals surface area contributed by atoms with Gasteiger partial charge in [-0.1, -0.05) is 18.2 Å². The van der Waals surface area contributed by atoms with Crippen molar-refractivity contribution in [3.63, 3.8) is 0 Å². The summed E-state index contributed by atoms with van der Waals surface area (Å²) in [5.41, 5.74) is 0.720. The Morgan fingerprint density at radius 2 is 1.87 bits per heavy atom. The van der Waals surface area contributed by atoms with Gasteiger partial charge in [0.25, 0.3) is 5.91 Å². The maximum atomic E-state index is 14.0. The van der Waals surface area contributed by atoms with Crippen LogP contribution in [0.1, 0.15) is 5.56 Å². The van der Waals surface area contributed by atoms with Crippen LogP contribution < -0.4 is 24.6 Å². The van der Waals surface area contributed by atoms with Crippen LogP contribution in [-0.2, 0) is 20.7 Å². The normalized spacial score (nSPS) is 26.6. The molecule has 2 atom stereocenters. The highest BCUT2D eigenvalue weighted by Crippen LogP contribution is 2.46. The molecule has 4 aliphatic rings. The molecule has 2 aromatic rings. The molecule has 0 aromatic heterocycles. The van der Waals surface area contributed by atoms with Crippen LogP contribution >= 0.6 is 0 Å². The standard InChI is InChI=1S/C22H19N3O6/c26-19-22(10-13-3-1-2-4-15(13)24-7-8-29-11-18(22)24)20(27)25(21(28)23-19)14-5-6-16-17(9-14)31-12-30-16/h1-6,9,18H,7-8,10-12H2,(H,23,26,28)/t18-,22+/m0/s1. The second kappa shape index (κ2) is 6.45. The van der Waals surface area contributed by atoms with Gasteiger partial charge in [-0.3, -0.25) is 14.9 Å². The van der Waals surface area contributed by atoms with Crippen LogP contribution in [0.3, 0.4) is 0 Å². The largest absolute Gasteiger partial charge is 0.454 e. The number of nitrogens with one attached hydrogen (secondary N) is 1. The lowest BCUT2D eigenvalue weighted by Crippen LogP contribution is -2.74. The summed E-state index contributed by atoms with van der Waals surface area (Å²) in [4.78, 5) is 43.2. The quantitative estimate of drug-likeness (QED) is 0.696. The van der Waals surface area contributed by atoms with Crippen LogP contribution in [0.15, 0.2) is 42.5 Å². The molecule has 4 heterocycles. The number of nitrogens with zero attached hydrogens (tertiary/aromatic N) is 2. The number of anilines is 2. The van der Waals surface area contributed by atoms with Crippen molar-refractivity contribution in [3.8, 4) is 11.5 Å². The third-order valence-electron chi connectivity index (χ3n) is 6.50. The summed E-state index contributed by atoms with van der Waals surface area (Å²) in [6.45, 7) is 1.35. The Bertz CT molecular complexity index is 1130. The van der Waals surface area contributed by atoms with Crippen LogP contribution in [0.25, 0.3) is 0 Å². The molecule has 6 rings (SSSR count). The van der Waals surface area contributed by atoms with E-state index in [-0.39, 0.29) is 19.8 Å². The minimum atomic E-state index is -1.49. The number of hydrogen-bond donors (Lipinski definition) is 1. The van der Waals surface area contributed by atoms with Crippen LogP contribution in [0.5, 0.6) is 11.5 Å². The molecular formula is C22H19N3O6. The van der Waals surface area contributed by atoms with Crippen LogP contribution in [0.4, 0.5) is 16.2 Å². The number of urea groups is 1. The number of para-hydroxylation sites is 1. The number of rotatable bonds is 1. The number of hydrogen-bond acceptors (Lipinski definition) is 7. The van der Waals surface area contributed by atoms with Gasteiger partial charge in [-0.25, -0.2) is 9.69 Å². The Morgan fingerprint density at radius 3 is 2.77 bits per heavy atom. The second-order valence-corrected chi connectivity index (χ2v) is 8.00. The summed E-state index contributed by atoms with van der Waals surface area (Å²) >= 11 is 0. The number of barbiturate groups is 1. The van der Waals surface area contributed by atoms with Gasteiger partial charge < -0.3 is 19.1 Å². The first-order valence-electron chi connectivity index (χ1n) is 10.1. The predicted molar refractivity (Wildman–Crippen MR) is 108 cm³/mol. The number of benzene rings is 2. The Morgan fingerprint density at radius 1 is 1.03 bits per heavy atom. The molecule has 4 aliphatic heterocycles. The third kappa shape index (κ3) is 2.43. The van der Waals surface area contributed by atoms with Gasteiger partial charge in [-0.15, -0.1) is 0 Å². The lowest BCUT2D eigenvalue weighted by atomic mass is 9.68. The van der Waals surface area contributed by atoms with E-state index in [1.54, 1.807) is 18.2 Å². The average molecular weight is 421 g/mol. The smallest absolute Gasteiger partial charge is 0.335 e. The van der Waals surface area contributed by atoms with E-state index in [2.05, 4.69) is 10.2 Å². The zero-order valence-electron chi connectivity index (χ0n) is 16.5. The van der Waals surface area contributed by atoms with E-state index >= 15 is 0 Å². The van der Waals surface area contributed by atoms with Gasteiger partial charge >= 0.3 is 6.03 Å². The molecule has 1 N–H and O–H groups in total. The summed E-state index contributed by atoms with van der Waals surface area (Å²) in [5, 5.41) is 2.42. The minimum Gasteiger partial charge on any atom is -0.454 e. The molecule has 0 bridgehead atoms. The molecular weight excluding hydrogens is 402 g/mol. The van der Waals surface area contributed by atoms with Crippen molar-refractivity contribution in [2.24, 2.45) is 5.41 Å². The molecule has 1 spiro atoms. The fraction of sp³-hybridized carbons (Fsp3) is 0.318. The van der Waals surface area contributed by atoms with E-state index in [0.29, 0.717) is 30.3 Å². The maximum Gasteiger partial charge on any atom is 0.335 e. The molecule has 158 valence electrons. The van der Waals surface area contributed by atoms with E-state index in [9.17, 15) is 14.4 Å². The highest BCUT2D eigenvalue weighted by molar-refractivity contribution is 6.30. The van der Waals surface area contributed by atoms with Gasteiger partial charge in [-0.05, 0) is 30.2 Å². The zero-order valence-corrected chi connectivity index (χ0v) is 16.5. The highest BCUT2D eigenvalue weighted by atomic mass is 16.7. The number of amides is 4. The van der Waals surface area contributed by atoms with Crippen LogP contribution in [0.2, 0.25) is 0 Å². The van der Waals surface area contributed by atoms with E-state index < -0.39 is 29.3 Å².